The Bertz CT molecular complexity index is 416. The Morgan fingerprint density at radius 2 is 2.29 bits per heavy atom. The van der Waals surface area contributed by atoms with Gasteiger partial charge in [-0.3, -0.25) is 4.79 Å². The molecule has 1 N–H and O–H groups in total. The van der Waals surface area contributed by atoms with Crippen LogP contribution in [0.4, 0.5) is 4.39 Å². The molecule has 3 nitrogen and oxygen atoms in total. The maximum absolute atomic E-state index is 13.1. The van der Waals surface area contributed by atoms with Crippen molar-refractivity contribution >= 4 is 5.91 Å². The average molecular weight is 237 g/mol. The van der Waals surface area contributed by atoms with Crippen molar-refractivity contribution in [3.63, 3.8) is 0 Å². The molecule has 0 unspecified atom stereocenters. The number of hydrogen-bond acceptors (Lipinski definition) is 2. The van der Waals surface area contributed by atoms with Crippen molar-refractivity contribution in [1.82, 2.24) is 5.32 Å². The molecule has 0 aliphatic heterocycles. The van der Waals surface area contributed by atoms with E-state index in [-0.39, 0.29) is 11.7 Å². The largest absolute Gasteiger partial charge is 0.494 e. The molecule has 0 aliphatic rings. The van der Waals surface area contributed by atoms with Gasteiger partial charge in [-0.25, -0.2) is 4.39 Å². The van der Waals surface area contributed by atoms with Gasteiger partial charge in [-0.15, -0.1) is 0 Å². The van der Waals surface area contributed by atoms with E-state index in [4.69, 9.17) is 4.74 Å². The van der Waals surface area contributed by atoms with E-state index in [0.717, 1.165) is 6.42 Å². The summed E-state index contributed by atoms with van der Waals surface area (Å²) in [4.78, 5) is 11.7. The fourth-order valence-corrected chi connectivity index (χ4v) is 1.34. The van der Waals surface area contributed by atoms with E-state index in [1.807, 2.05) is 19.1 Å². The van der Waals surface area contributed by atoms with Gasteiger partial charge in [0.05, 0.1) is 7.11 Å². The molecule has 92 valence electrons. The number of benzene rings is 1. The first-order valence-electron chi connectivity index (χ1n) is 5.42. The highest BCUT2D eigenvalue weighted by molar-refractivity contribution is 5.94. The third-order valence-electron chi connectivity index (χ3n) is 2.25. The van der Waals surface area contributed by atoms with Gasteiger partial charge in [-0.05, 0) is 31.5 Å². The number of carbonyl (C=O) groups excluding carboxylic acids is 1. The maximum atomic E-state index is 13.1. The lowest BCUT2D eigenvalue weighted by molar-refractivity contribution is 0.0954. The van der Waals surface area contributed by atoms with Crippen LogP contribution in [0.2, 0.25) is 0 Å². The first kappa shape index (κ1) is 13.2. The van der Waals surface area contributed by atoms with Gasteiger partial charge in [0.2, 0.25) is 0 Å². The molecule has 0 fully saturated rings. The van der Waals surface area contributed by atoms with Crippen LogP contribution in [0.5, 0.6) is 5.75 Å². The van der Waals surface area contributed by atoms with E-state index < -0.39 is 5.82 Å². The topological polar surface area (TPSA) is 38.3 Å². The molecule has 0 saturated heterocycles. The number of carbonyl (C=O) groups is 1. The van der Waals surface area contributed by atoms with Crippen LogP contribution in [-0.4, -0.2) is 19.6 Å². The summed E-state index contributed by atoms with van der Waals surface area (Å²) in [6.45, 7) is 2.48. The number of amides is 1. The predicted octanol–water partition coefficient (Wildman–Crippen LogP) is 2.53. The Kier molecular flexibility index (Phi) is 5.20. The normalized spacial score (nSPS) is 10.5. The molecule has 1 amide bonds. The van der Waals surface area contributed by atoms with Crippen molar-refractivity contribution in [2.75, 3.05) is 13.7 Å². The van der Waals surface area contributed by atoms with Crippen LogP contribution in [0.15, 0.2) is 30.4 Å². The van der Waals surface area contributed by atoms with E-state index >= 15 is 0 Å². The number of allylic oxidation sites excluding steroid dienone is 1. The van der Waals surface area contributed by atoms with Gasteiger partial charge >= 0.3 is 0 Å². The first-order chi connectivity index (χ1) is 8.19. The summed E-state index contributed by atoms with van der Waals surface area (Å²) in [5.41, 5.74) is 0.392. The molecule has 4 heteroatoms. The second-order valence-electron chi connectivity index (χ2n) is 3.46. The van der Waals surface area contributed by atoms with Crippen molar-refractivity contribution in [2.45, 2.75) is 13.3 Å². The van der Waals surface area contributed by atoms with Crippen molar-refractivity contribution in [3.05, 3.63) is 41.7 Å². The summed E-state index contributed by atoms with van der Waals surface area (Å²) in [5, 5.41) is 2.74. The van der Waals surface area contributed by atoms with Crippen LogP contribution in [0.3, 0.4) is 0 Å². The van der Waals surface area contributed by atoms with E-state index in [1.165, 1.54) is 25.3 Å². The van der Waals surface area contributed by atoms with E-state index in [1.54, 1.807) is 0 Å². The molecule has 0 bridgehead atoms. The quantitative estimate of drug-likeness (QED) is 0.631. The molecule has 0 radical (unpaired) electrons. The first-order valence-corrected chi connectivity index (χ1v) is 5.42. The Labute approximate surface area is 100 Å². The summed E-state index contributed by atoms with van der Waals surface area (Å²) in [6, 6.07) is 4.04. The minimum atomic E-state index is -0.474. The van der Waals surface area contributed by atoms with Crippen LogP contribution in [0.1, 0.15) is 23.7 Å². The second kappa shape index (κ2) is 6.68. The number of nitrogens with one attached hydrogen (secondary N) is 1. The lowest BCUT2D eigenvalue weighted by Crippen LogP contribution is -2.24. The number of halogens is 1. The molecule has 17 heavy (non-hydrogen) atoms. The van der Waals surface area contributed by atoms with Crippen LogP contribution in [0.25, 0.3) is 0 Å². The second-order valence-corrected chi connectivity index (χ2v) is 3.46. The summed E-state index contributed by atoms with van der Waals surface area (Å²) in [7, 11) is 1.37. The minimum absolute atomic E-state index is 0.0751. The zero-order chi connectivity index (χ0) is 12.7. The Hall–Kier alpha value is -1.84. The molecule has 0 heterocycles. The standard InChI is InChI=1S/C13H16FNO2/c1-3-4-5-8-15-13(16)10-6-7-11(14)12(9-10)17-2/h3-4,6-7,9H,5,8H2,1-2H3,(H,15,16)/b4-3+. The summed E-state index contributed by atoms with van der Waals surface area (Å²) in [5.74, 6) is -0.628. The van der Waals surface area contributed by atoms with E-state index in [0.29, 0.717) is 12.1 Å². The lowest BCUT2D eigenvalue weighted by atomic mass is 10.2. The molecular weight excluding hydrogens is 221 g/mol. The van der Waals surface area contributed by atoms with Gasteiger partial charge in [-0.2, -0.15) is 0 Å². The summed E-state index contributed by atoms with van der Waals surface area (Å²) in [6.07, 6.45) is 4.67. The van der Waals surface area contributed by atoms with Crippen LogP contribution < -0.4 is 10.1 Å². The highest BCUT2D eigenvalue weighted by atomic mass is 19.1. The van der Waals surface area contributed by atoms with Crippen molar-refractivity contribution in [3.8, 4) is 5.75 Å². The Morgan fingerprint density at radius 3 is 2.94 bits per heavy atom. The fourth-order valence-electron chi connectivity index (χ4n) is 1.34. The van der Waals surface area contributed by atoms with E-state index in [9.17, 15) is 9.18 Å². The third kappa shape index (κ3) is 3.90. The summed E-state index contributed by atoms with van der Waals surface area (Å²) >= 11 is 0. The zero-order valence-corrected chi connectivity index (χ0v) is 10.00. The zero-order valence-electron chi connectivity index (χ0n) is 10.00. The molecule has 0 saturated carbocycles. The molecule has 0 aliphatic carbocycles. The fraction of sp³-hybridized carbons (Fsp3) is 0.308. The Morgan fingerprint density at radius 1 is 1.53 bits per heavy atom. The average Bonchev–Trinajstić information content (AvgIpc) is 2.35. The van der Waals surface area contributed by atoms with Crippen molar-refractivity contribution in [1.29, 1.82) is 0 Å². The number of methoxy groups -OCH3 is 1. The molecule has 0 spiro atoms. The highest BCUT2D eigenvalue weighted by Gasteiger charge is 2.09. The smallest absolute Gasteiger partial charge is 0.251 e. The number of hydrogen-bond donors (Lipinski definition) is 1. The number of ether oxygens (including phenoxy) is 1. The number of rotatable bonds is 5. The predicted molar refractivity (Wildman–Crippen MR) is 64.7 cm³/mol. The maximum Gasteiger partial charge on any atom is 0.251 e. The van der Waals surface area contributed by atoms with Crippen LogP contribution in [0, 0.1) is 5.82 Å². The van der Waals surface area contributed by atoms with Gasteiger partial charge in [0.1, 0.15) is 0 Å². The molecule has 1 aromatic rings. The minimum Gasteiger partial charge on any atom is -0.494 e. The van der Waals surface area contributed by atoms with Crippen molar-refractivity contribution < 1.29 is 13.9 Å². The molecule has 0 aromatic heterocycles. The van der Waals surface area contributed by atoms with Crippen LogP contribution in [-0.2, 0) is 0 Å². The van der Waals surface area contributed by atoms with Gasteiger partial charge < -0.3 is 10.1 Å². The van der Waals surface area contributed by atoms with E-state index in [2.05, 4.69) is 5.32 Å². The van der Waals surface area contributed by atoms with Gasteiger partial charge in [0, 0.05) is 12.1 Å². The molecule has 0 atom stereocenters. The van der Waals surface area contributed by atoms with Gasteiger partial charge in [0.25, 0.3) is 5.91 Å². The Balaban J connectivity index is 2.62. The van der Waals surface area contributed by atoms with Crippen LogP contribution >= 0.6 is 0 Å². The molecule has 1 rings (SSSR count). The highest BCUT2D eigenvalue weighted by Crippen LogP contribution is 2.17. The third-order valence-corrected chi connectivity index (χ3v) is 2.25. The van der Waals surface area contributed by atoms with Gasteiger partial charge in [-0.1, -0.05) is 12.2 Å². The molecular formula is C13H16FNO2. The monoisotopic (exact) mass is 237 g/mol. The van der Waals surface area contributed by atoms with Gasteiger partial charge in [0.15, 0.2) is 11.6 Å². The summed E-state index contributed by atoms with van der Waals surface area (Å²) < 4.78 is 17.9. The SMILES string of the molecule is C/C=C/CCNC(=O)c1ccc(F)c(OC)c1. The lowest BCUT2D eigenvalue weighted by Gasteiger charge is -2.06. The molecule has 1 aromatic carbocycles. The van der Waals surface area contributed by atoms with Crippen molar-refractivity contribution in [2.24, 2.45) is 0 Å².